The summed E-state index contributed by atoms with van der Waals surface area (Å²) in [6.45, 7) is 2.79. The van der Waals surface area contributed by atoms with E-state index in [-0.39, 0.29) is 12.5 Å². The Kier molecular flexibility index (Phi) is 4.64. The predicted molar refractivity (Wildman–Crippen MR) is 99.1 cm³/mol. The molecule has 0 spiro atoms. The highest BCUT2D eigenvalue weighted by molar-refractivity contribution is 6.34. The number of hydrogen-bond acceptors (Lipinski definition) is 6. The standard InChI is InChI=1S/C18H16ClN5O3/c1-11-4-2-3-5-12(11)18-21-23-24(22-18)10-17(25)20-14-9-16-15(8-13(14)19)26-6-7-27-16/h2-5,8-9H,6-7,10H2,1H3,(H,20,25). The van der Waals surface area contributed by atoms with E-state index in [2.05, 4.69) is 20.7 Å². The molecule has 1 aliphatic rings. The van der Waals surface area contributed by atoms with E-state index in [1.807, 2.05) is 31.2 Å². The molecule has 4 rings (SSSR count). The minimum Gasteiger partial charge on any atom is -0.486 e. The van der Waals surface area contributed by atoms with Gasteiger partial charge in [0.1, 0.15) is 19.8 Å². The van der Waals surface area contributed by atoms with E-state index in [0.29, 0.717) is 41.2 Å². The van der Waals surface area contributed by atoms with Crippen LogP contribution in [0.25, 0.3) is 11.4 Å². The summed E-state index contributed by atoms with van der Waals surface area (Å²) in [7, 11) is 0. The van der Waals surface area contributed by atoms with Gasteiger partial charge in [-0.15, -0.1) is 10.2 Å². The second-order valence-electron chi connectivity index (χ2n) is 5.98. The van der Waals surface area contributed by atoms with Gasteiger partial charge in [-0.1, -0.05) is 35.9 Å². The molecule has 0 saturated heterocycles. The molecule has 0 fully saturated rings. The van der Waals surface area contributed by atoms with Gasteiger partial charge in [-0.2, -0.15) is 4.80 Å². The van der Waals surface area contributed by atoms with E-state index in [1.165, 1.54) is 4.80 Å². The molecule has 1 aromatic heterocycles. The van der Waals surface area contributed by atoms with Crippen LogP contribution in [-0.2, 0) is 11.3 Å². The lowest BCUT2D eigenvalue weighted by Crippen LogP contribution is -2.21. The number of halogens is 1. The Balaban J connectivity index is 1.47. The van der Waals surface area contributed by atoms with Crippen molar-refractivity contribution in [1.29, 1.82) is 0 Å². The number of aryl methyl sites for hydroxylation is 1. The number of fused-ring (bicyclic) bond motifs is 1. The highest BCUT2D eigenvalue weighted by Gasteiger charge is 2.17. The molecule has 1 amide bonds. The van der Waals surface area contributed by atoms with Crippen molar-refractivity contribution < 1.29 is 14.3 Å². The highest BCUT2D eigenvalue weighted by atomic mass is 35.5. The molecule has 8 nitrogen and oxygen atoms in total. The number of ether oxygens (including phenoxy) is 2. The normalized spacial score (nSPS) is 12.7. The van der Waals surface area contributed by atoms with Gasteiger partial charge in [0.2, 0.25) is 11.7 Å². The van der Waals surface area contributed by atoms with Crippen LogP contribution in [0.4, 0.5) is 5.69 Å². The predicted octanol–water partition coefficient (Wildman–Crippen LogP) is 2.71. The third-order valence-corrected chi connectivity index (χ3v) is 4.34. The summed E-state index contributed by atoms with van der Waals surface area (Å²) in [5.74, 6) is 1.24. The molecule has 0 atom stereocenters. The van der Waals surface area contributed by atoms with Gasteiger partial charge in [0.05, 0.1) is 10.7 Å². The Morgan fingerprint density at radius 3 is 2.74 bits per heavy atom. The van der Waals surface area contributed by atoms with Crippen LogP contribution in [0.3, 0.4) is 0 Å². The van der Waals surface area contributed by atoms with Crippen LogP contribution >= 0.6 is 11.6 Å². The highest BCUT2D eigenvalue weighted by Crippen LogP contribution is 2.37. The van der Waals surface area contributed by atoms with Gasteiger partial charge in [0.25, 0.3) is 0 Å². The fourth-order valence-corrected chi connectivity index (χ4v) is 2.92. The second-order valence-corrected chi connectivity index (χ2v) is 6.39. The van der Waals surface area contributed by atoms with Crippen LogP contribution in [-0.4, -0.2) is 39.3 Å². The van der Waals surface area contributed by atoms with Gasteiger partial charge < -0.3 is 14.8 Å². The number of aromatic nitrogens is 4. The maximum Gasteiger partial charge on any atom is 0.248 e. The third-order valence-electron chi connectivity index (χ3n) is 4.03. The summed E-state index contributed by atoms with van der Waals surface area (Å²) in [4.78, 5) is 13.6. The molecule has 138 valence electrons. The van der Waals surface area contributed by atoms with Crippen LogP contribution < -0.4 is 14.8 Å². The maximum atomic E-state index is 12.3. The molecular formula is C18H16ClN5O3. The first-order valence-electron chi connectivity index (χ1n) is 8.33. The molecule has 2 aromatic carbocycles. The van der Waals surface area contributed by atoms with Crippen molar-refractivity contribution in [3.05, 3.63) is 47.0 Å². The molecule has 1 aliphatic heterocycles. The zero-order valence-electron chi connectivity index (χ0n) is 14.5. The Hall–Kier alpha value is -3.13. The Morgan fingerprint density at radius 2 is 1.96 bits per heavy atom. The summed E-state index contributed by atoms with van der Waals surface area (Å²) in [6, 6.07) is 11.0. The maximum absolute atomic E-state index is 12.3. The Morgan fingerprint density at radius 1 is 1.22 bits per heavy atom. The van der Waals surface area contributed by atoms with Crippen molar-refractivity contribution in [3.8, 4) is 22.9 Å². The minimum absolute atomic E-state index is 0.0936. The number of benzene rings is 2. The molecule has 9 heteroatoms. The molecule has 27 heavy (non-hydrogen) atoms. The van der Waals surface area contributed by atoms with Crippen molar-refractivity contribution in [2.75, 3.05) is 18.5 Å². The van der Waals surface area contributed by atoms with Gasteiger partial charge in [-0.05, 0) is 17.7 Å². The smallest absolute Gasteiger partial charge is 0.248 e. The summed E-state index contributed by atoms with van der Waals surface area (Å²) >= 11 is 6.21. The average molecular weight is 386 g/mol. The van der Waals surface area contributed by atoms with E-state index in [1.54, 1.807) is 12.1 Å². The molecule has 0 saturated carbocycles. The van der Waals surface area contributed by atoms with Gasteiger partial charge in [-0.3, -0.25) is 4.79 Å². The van der Waals surface area contributed by atoms with Gasteiger partial charge >= 0.3 is 0 Å². The fourth-order valence-electron chi connectivity index (χ4n) is 2.72. The Bertz CT molecular complexity index is 1000. The molecule has 0 unspecified atom stereocenters. The molecule has 1 N–H and O–H groups in total. The van der Waals surface area contributed by atoms with Crippen molar-refractivity contribution in [2.24, 2.45) is 0 Å². The van der Waals surface area contributed by atoms with Crippen molar-refractivity contribution in [2.45, 2.75) is 13.5 Å². The SMILES string of the molecule is Cc1ccccc1-c1nnn(CC(=O)Nc2cc3c(cc2Cl)OCCO3)n1. The largest absolute Gasteiger partial charge is 0.486 e. The van der Waals surface area contributed by atoms with Crippen molar-refractivity contribution in [3.63, 3.8) is 0 Å². The van der Waals surface area contributed by atoms with Gasteiger partial charge in [0, 0.05) is 17.7 Å². The van der Waals surface area contributed by atoms with E-state index in [9.17, 15) is 4.79 Å². The topological polar surface area (TPSA) is 91.2 Å². The summed E-state index contributed by atoms with van der Waals surface area (Å²) in [6.07, 6.45) is 0. The average Bonchev–Trinajstić information content (AvgIpc) is 3.10. The molecule has 3 aromatic rings. The van der Waals surface area contributed by atoms with Crippen LogP contribution in [0.5, 0.6) is 11.5 Å². The molecule has 2 heterocycles. The van der Waals surface area contributed by atoms with Crippen LogP contribution in [0.2, 0.25) is 5.02 Å². The van der Waals surface area contributed by atoms with Gasteiger partial charge in [0.15, 0.2) is 11.5 Å². The van der Waals surface area contributed by atoms with E-state index in [0.717, 1.165) is 11.1 Å². The van der Waals surface area contributed by atoms with E-state index >= 15 is 0 Å². The monoisotopic (exact) mass is 385 g/mol. The number of nitrogens with one attached hydrogen (secondary N) is 1. The van der Waals surface area contributed by atoms with Crippen LogP contribution in [0.15, 0.2) is 36.4 Å². The second kappa shape index (κ2) is 7.24. The quantitative estimate of drug-likeness (QED) is 0.742. The van der Waals surface area contributed by atoms with E-state index in [4.69, 9.17) is 21.1 Å². The number of amides is 1. The number of nitrogens with zero attached hydrogens (tertiary/aromatic N) is 4. The van der Waals surface area contributed by atoms with Crippen LogP contribution in [0.1, 0.15) is 5.56 Å². The molecular weight excluding hydrogens is 370 g/mol. The third kappa shape index (κ3) is 3.70. The lowest BCUT2D eigenvalue weighted by molar-refractivity contribution is -0.117. The van der Waals surface area contributed by atoms with Crippen molar-refractivity contribution in [1.82, 2.24) is 20.2 Å². The number of carbonyl (C=O) groups excluding carboxylic acids is 1. The summed E-state index contributed by atoms with van der Waals surface area (Å²) in [5.41, 5.74) is 2.34. The summed E-state index contributed by atoms with van der Waals surface area (Å²) in [5, 5.41) is 15.3. The lowest BCUT2D eigenvalue weighted by Gasteiger charge is -2.19. The van der Waals surface area contributed by atoms with Gasteiger partial charge in [-0.25, -0.2) is 0 Å². The first-order chi connectivity index (χ1) is 13.1. The molecule has 0 bridgehead atoms. The first-order valence-corrected chi connectivity index (χ1v) is 8.71. The number of tetrazole rings is 1. The zero-order valence-corrected chi connectivity index (χ0v) is 15.2. The number of hydrogen-bond donors (Lipinski definition) is 1. The van der Waals surface area contributed by atoms with E-state index < -0.39 is 0 Å². The number of carbonyl (C=O) groups is 1. The first kappa shape index (κ1) is 17.3. The molecule has 0 aliphatic carbocycles. The van der Waals surface area contributed by atoms with Crippen molar-refractivity contribution >= 4 is 23.2 Å². The number of rotatable bonds is 4. The summed E-state index contributed by atoms with van der Waals surface area (Å²) < 4.78 is 11.0. The fraction of sp³-hybridized carbons (Fsp3) is 0.222. The minimum atomic E-state index is -0.331. The zero-order chi connectivity index (χ0) is 18.8. The lowest BCUT2D eigenvalue weighted by atomic mass is 10.1. The Labute approximate surface area is 160 Å². The molecule has 0 radical (unpaired) electrons. The van der Waals surface area contributed by atoms with Crippen LogP contribution in [0, 0.1) is 6.92 Å². The number of anilines is 1.